The van der Waals surface area contributed by atoms with Gasteiger partial charge in [-0.1, -0.05) is 35.5 Å². The van der Waals surface area contributed by atoms with Crippen LogP contribution >= 0.6 is 23.4 Å². The lowest BCUT2D eigenvalue weighted by molar-refractivity contribution is -0.132. The van der Waals surface area contributed by atoms with E-state index in [1.807, 2.05) is 50.4 Å². The lowest BCUT2D eigenvalue weighted by Gasteiger charge is -2.22. The highest BCUT2D eigenvalue weighted by Crippen LogP contribution is 2.36. The van der Waals surface area contributed by atoms with Gasteiger partial charge < -0.3 is 4.42 Å². The third-order valence-electron chi connectivity index (χ3n) is 5.31. The highest BCUT2D eigenvalue weighted by molar-refractivity contribution is 8.00. The zero-order valence-electron chi connectivity index (χ0n) is 17.3. The fourth-order valence-corrected chi connectivity index (χ4v) is 4.72. The largest absolute Gasteiger partial charge is 0.467 e. The fraction of sp³-hybridized carbons (Fsp3) is 0.227. The van der Waals surface area contributed by atoms with Crippen molar-refractivity contribution in [3.05, 3.63) is 71.5 Å². The third kappa shape index (κ3) is 3.78. The Bertz CT molecular complexity index is 1300. The summed E-state index contributed by atoms with van der Waals surface area (Å²) in [5.41, 5.74) is 2.46. The van der Waals surface area contributed by atoms with E-state index in [0.717, 1.165) is 22.3 Å². The molecule has 0 spiro atoms. The number of benzene rings is 1. The maximum Gasteiger partial charge on any atom is 0.256 e. The van der Waals surface area contributed by atoms with Gasteiger partial charge in [0.2, 0.25) is 0 Å². The van der Waals surface area contributed by atoms with Crippen LogP contribution < -0.4 is 0 Å². The van der Waals surface area contributed by atoms with Crippen LogP contribution in [0.1, 0.15) is 30.7 Å². The van der Waals surface area contributed by atoms with Crippen molar-refractivity contribution < 1.29 is 9.21 Å². The second-order valence-electron chi connectivity index (χ2n) is 7.42. The number of halogens is 1. The van der Waals surface area contributed by atoms with Gasteiger partial charge in [0.1, 0.15) is 23.2 Å². The van der Waals surface area contributed by atoms with Gasteiger partial charge in [-0.05, 0) is 36.8 Å². The Morgan fingerprint density at radius 1 is 1.25 bits per heavy atom. The van der Waals surface area contributed by atoms with E-state index in [9.17, 15) is 4.79 Å². The topological polar surface area (TPSA) is 89.4 Å². The summed E-state index contributed by atoms with van der Waals surface area (Å²) >= 11 is 7.40. The second-order valence-corrected chi connectivity index (χ2v) is 9.18. The van der Waals surface area contributed by atoms with Gasteiger partial charge in [-0.2, -0.15) is 10.2 Å². The summed E-state index contributed by atoms with van der Waals surface area (Å²) in [5.74, 6) is 0.566. The smallest absolute Gasteiger partial charge is 0.256 e. The number of nitrogens with zero attached hydrogens (tertiary/aromatic N) is 6. The number of amides is 1. The monoisotopic (exact) mass is 466 g/mol. The first-order valence-corrected chi connectivity index (χ1v) is 11.3. The number of hydrogen-bond donors (Lipinski definition) is 0. The van der Waals surface area contributed by atoms with E-state index in [1.54, 1.807) is 17.1 Å². The number of hydrazone groups is 1. The van der Waals surface area contributed by atoms with Crippen LogP contribution in [0.15, 0.2) is 69.7 Å². The maximum absolute atomic E-state index is 13.5. The number of carbonyl (C=O) groups is 1. The molecule has 5 rings (SSSR count). The molecule has 4 aromatic rings. The Morgan fingerprint density at radius 2 is 2.06 bits per heavy atom. The minimum Gasteiger partial charge on any atom is -0.467 e. The van der Waals surface area contributed by atoms with Crippen molar-refractivity contribution in [2.75, 3.05) is 0 Å². The van der Waals surface area contributed by atoms with E-state index in [0.29, 0.717) is 22.2 Å². The van der Waals surface area contributed by atoms with Crippen molar-refractivity contribution in [1.29, 1.82) is 0 Å². The zero-order valence-corrected chi connectivity index (χ0v) is 18.9. The van der Waals surface area contributed by atoms with Crippen LogP contribution in [0.3, 0.4) is 0 Å². The highest BCUT2D eigenvalue weighted by atomic mass is 35.5. The summed E-state index contributed by atoms with van der Waals surface area (Å²) in [6.45, 7) is 1.85. The molecule has 0 saturated heterocycles. The first-order valence-electron chi connectivity index (χ1n) is 10.0. The molecular formula is C22H19ClN6O2S. The van der Waals surface area contributed by atoms with Crippen LogP contribution in [0, 0.1) is 0 Å². The number of rotatable bonds is 5. The molecule has 0 bridgehead atoms. The first kappa shape index (κ1) is 20.7. The third-order valence-corrected chi connectivity index (χ3v) is 6.67. The number of carbonyl (C=O) groups excluding carboxylic acids is 1. The quantitative estimate of drug-likeness (QED) is 0.318. The van der Waals surface area contributed by atoms with Gasteiger partial charge in [0.25, 0.3) is 5.91 Å². The van der Waals surface area contributed by atoms with Crippen LogP contribution in [-0.4, -0.2) is 41.6 Å². The summed E-state index contributed by atoms with van der Waals surface area (Å²) in [5, 5.41) is 12.2. The van der Waals surface area contributed by atoms with E-state index in [4.69, 9.17) is 16.0 Å². The molecule has 8 nitrogen and oxygen atoms in total. The fourth-order valence-electron chi connectivity index (χ4n) is 3.67. The van der Waals surface area contributed by atoms with E-state index < -0.39 is 5.25 Å². The number of aryl methyl sites for hydroxylation is 1. The molecular weight excluding hydrogens is 448 g/mol. The Hall–Kier alpha value is -3.17. The molecule has 0 fully saturated rings. The SMILES string of the molecule is CC(Sc1ncnc2c1cnn2C)C(=O)N1N=C(c2ccc(Cl)cc2)CC1c1ccco1. The average Bonchev–Trinajstić information content (AvgIpc) is 3.54. The molecule has 1 aliphatic rings. The predicted molar refractivity (Wildman–Crippen MR) is 123 cm³/mol. The van der Waals surface area contributed by atoms with Crippen molar-refractivity contribution >= 4 is 46.0 Å². The van der Waals surface area contributed by atoms with Crippen LogP contribution in [0.5, 0.6) is 0 Å². The summed E-state index contributed by atoms with van der Waals surface area (Å²) in [4.78, 5) is 22.1. The molecule has 0 aliphatic carbocycles. The first-order chi connectivity index (χ1) is 15.5. The summed E-state index contributed by atoms with van der Waals surface area (Å²) < 4.78 is 7.32. The number of hydrogen-bond acceptors (Lipinski definition) is 7. The maximum atomic E-state index is 13.5. The molecule has 10 heteroatoms. The Kier molecular flexibility index (Phi) is 5.44. The van der Waals surface area contributed by atoms with E-state index >= 15 is 0 Å². The summed E-state index contributed by atoms with van der Waals surface area (Å²) in [7, 11) is 1.82. The lowest BCUT2D eigenvalue weighted by Crippen LogP contribution is -2.33. The normalized spacial score (nSPS) is 17.0. The van der Waals surface area contributed by atoms with E-state index in [2.05, 4.69) is 20.2 Å². The standard InChI is InChI=1S/C22H19ClN6O2S/c1-13(32-21-16-11-26-28(2)20(16)24-12-25-21)22(30)29-18(19-4-3-9-31-19)10-17(27-29)14-5-7-15(23)8-6-14/h3-9,11-13,18H,10H2,1-2H3. The van der Waals surface area contributed by atoms with Gasteiger partial charge in [0, 0.05) is 18.5 Å². The van der Waals surface area contributed by atoms with Gasteiger partial charge in [-0.15, -0.1) is 0 Å². The molecule has 32 heavy (non-hydrogen) atoms. The number of aromatic nitrogens is 4. The lowest BCUT2D eigenvalue weighted by atomic mass is 10.0. The van der Waals surface area contributed by atoms with E-state index in [1.165, 1.54) is 23.1 Å². The highest BCUT2D eigenvalue weighted by Gasteiger charge is 2.37. The zero-order chi connectivity index (χ0) is 22.2. The number of furan rings is 1. The van der Waals surface area contributed by atoms with Crippen molar-refractivity contribution in [2.24, 2.45) is 12.1 Å². The van der Waals surface area contributed by atoms with E-state index in [-0.39, 0.29) is 11.9 Å². The molecule has 162 valence electrons. The molecule has 1 aliphatic heterocycles. The Labute approximate surface area is 193 Å². The number of fused-ring (bicyclic) bond motifs is 1. The molecule has 0 radical (unpaired) electrons. The van der Waals surface area contributed by atoms with Crippen molar-refractivity contribution in [3.8, 4) is 0 Å². The molecule has 3 aromatic heterocycles. The molecule has 1 aromatic carbocycles. The van der Waals surface area contributed by atoms with Gasteiger partial charge in [0.05, 0.1) is 28.8 Å². The summed E-state index contributed by atoms with van der Waals surface area (Å²) in [6.07, 6.45) is 5.37. The number of thioether (sulfide) groups is 1. The van der Waals surface area contributed by atoms with Crippen molar-refractivity contribution in [1.82, 2.24) is 24.8 Å². The second kappa shape index (κ2) is 8.40. The average molecular weight is 467 g/mol. The van der Waals surface area contributed by atoms with Gasteiger partial charge in [-0.3, -0.25) is 9.48 Å². The van der Waals surface area contributed by atoms with Crippen LogP contribution in [0.4, 0.5) is 0 Å². The Balaban J connectivity index is 1.44. The molecule has 2 unspecified atom stereocenters. The molecule has 1 amide bonds. The van der Waals surface area contributed by atoms with Gasteiger partial charge in [0.15, 0.2) is 5.65 Å². The predicted octanol–water partition coefficient (Wildman–Crippen LogP) is 4.47. The minimum atomic E-state index is -0.431. The van der Waals surface area contributed by atoms with Crippen LogP contribution in [0.2, 0.25) is 5.02 Å². The molecule has 0 saturated carbocycles. The van der Waals surface area contributed by atoms with Crippen LogP contribution in [0.25, 0.3) is 11.0 Å². The van der Waals surface area contributed by atoms with Crippen molar-refractivity contribution in [3.63, 3.8) is 0 Å². The summed E-state index contributed by atoms with van der Waals surface area (Å²) in [6, 6.07) is 10.8. The minimum absolute atomic E-state index is 0.129. The molecule has 4 heterocycles. The van der Waals surface area contributed by atoms with Gasteiger partial charge >= 0.3 is 0 Å². The molecule has 2 atom stereocenters. The molecule has 0 N–H and O–H groups in total. The van der Waals surface area contributed by atoms with Crippen molar-refractivity contribution in [2.45, 2.75) is 29.7 Å². The van der Waals surface area contributed by atoms with Gasteiger partial charge in [-0.25, -0.2) is 15.0 Å². The Morgan fingerprint density at radius 3 is 2.81 bits per heavy atom. The van der Waals surface area contributed by atoms with Crippen LogP contribution in [-0.2, 0) is 11.8 Å².